The van der Waals surface area contributed by atoms with Crippen LogP contribution in [0.3, 0.4) is 0 Å². The average Bonchev–Trinajstić information content (AvgIpc) is 2.24. The van der Waals surface area contributed by atoms with Gasteiger partial charge in [0.15, 0.2) is 0 Å². The zero-order valence-electron chi connectivity index (χ0n) is 10.4. The topological polar surface area (TPSA) is 87.7 Å². The van der Waals surface area contributed by atoms with Crippen LogP contribution in [-0.2, 0) is 19.1 Å². The minimum atomic E-state index is -0.341. The number of ether oxygens (including phenoxy) is 1. The van der Waals surface area contributed by atoms with Gasteiger partial charge in [-0.3, -0.25) is 30.1 Å². The smallest absolute Gasteiger partial charge is 0.307 e. The van der Waals surface area contributed by atoms with Gasteiger partial charge in [0.05, 0.1) is 19.6 Å². The molecule has 0 aromatic carbocycles. The fourth-order valence-corrected chi connectivity index (χ4v) is 1.04. The second-order valence-corrected chi connectivity index (χ2v) is 3.52. The number of nitrogens with zero attached hydrogens (tertiary/aromatic N) is 1. The van der Waals surface area contributed by atoms with Crippen LogP contribution in [0.4, 0.5) is 0 Å². The fourth-order valence-electron chi connectivity index (χ4n) is 1.04. The van der Waals surface area contributed by atoms with Crippen molar-refractivity contribution in [1.29, 1.82) is 0 Å². The summed E-state index contributed by atoms with van der Waals surface area (Å²) in [4.78, 5) is 34.5. The van der Waals surface area contributed by atoms with E-state index in [0.717, 1.165) is 0 Å². The van der Waals surface area contributed by atoms with Crippen LogP contribution < -0.4 is 10.9 Å². The molecule has 0 aliphatic rings. The van der Waals surface area contributed by atoms with Crippen molar-refractivity contribution in [3.8, 4) is 0 Å². The molecule has 0 aromatic rings. The summed E-state index contributed by atoms with van der Waals surface area (Å²) in [7, 11) is 1.70. The van der Waals surface area contributed by atoms with Crippen molar-refractivity contribution in [2.24, 2.45) is 0 Å². The molecule has 0 unspecified atom stereocenters. The van der Waals surface area contributed by atoms with E-state index in [1.807, 2.05) is 0 Å². The van der Waals surface area contributed by atoms with E-state index in [4.69, 9.17) is 4.74 Å². The molecule has 2 amide bonds. The Morgan fingerprint density at radius 2 is 1.88 bits per heavy atom. The van der Waals surface area contributed by atoms with Gasteiger partial charge in [0.25, 0.3) is 5.91 Å². The van der Waals surface area contributed by atoms with Crippen molar-refractivity contribution in [3.05, 3.63) is 0 Å². The quantitative estimate of drug-likeness (QED) is 0.465. The highest BCUT2D eigenvalue weighted by molar-refractivity contribution is 5.82. The van der Waals surface area contributed by atoms with Gasteiger partial charge in [0.2, 0.25) is 5.91 Å². The molecule has 0 aliphatic carbocycles. The molecular weight excluding hydrogens is 226 g/mol. The number of likely N-dealkylation sites (N-methyl/N-ethyl adjacent to an activating group) is 1. The van der Waals surface area contributed by atoms with Gasteiger partial charge in [0.1, 0.15) is 0 Å². The van der Waals surface area contributed by atoms with Gasteiger partial charge in [0, 0.05) is 13.5 Å². The van der Waals surface area contributed by atoms with Gasteiger partial charge in [-0.05, 0) is 14.0 Å². The van der Waals surface area contributed by atoms with Crippen molar-refractivity contribution in [3.63, 3.8) is 0 Å². The van der Waals surface area contributed by atoms with E-state index < -0.39 is 0 Å². The van der Waals surface area contributed by atoms with E-state index in [-0.39, 0.29) is 30.7 Å². The van der Waals surface area contributed by atoms with Crippen LogP contribution in [0, 0.1) is 0 Å². The Kier molecular flexibility index (Phi) is 7.70. The summed E-state index contributed by atoms with van der Waals surface area (Å²) in [5.41, 5.74) is 4.41. The number of carbonyl (C=O) groups is 3. The van der Waals surface area contributed by atoms with Crippen LogP contribution >= 0.6 is 0 Å². The molecule has 0 spiro atoms. The Morgan fingerprint density at radius 1 is 1.24 bits per heavy atom. The number of hydrazine groups is 1. The largest absolute Gasteiger partial charge is 0.466 e. The predicted octanol–water partition coefficient (Wildman–Crippen LogP) is -0.961. The monoisotopic (exact) mass is 245 g/mol. The maximum Gasteiger partial charge on any atom is 0.307 e. The molecule has 0 radical (unpaired) electrons. The third-order valence-corrected chi connectivity index (χ3v) is 1.79. The number of amides is 2. The number of carbonyl (C=O) groups excluding carboxylic acids is 3. The summed E-state index contributed by atoms with van der Waals surface area (Å²) < 4.78 is 4.75. The maximum absolute atomic E-state index is 11.2. The first-order valence-electron chi connectivity index (χ1n) is 5.35. The molecule has 0 aromatic heterocycles. The minimum absolute atomic E-state index is 0.0969. The molecule has 17 heavy (non-hydrogen) atoms. The number of hydrogen-bond donors (Lipinski definition) is 2. The van der Waals surface area contributed by atoms with Gasteiger partial charge >= 0.3 is 5.97 Å². The minimum Gasteiger partial charge on any atom is -0.466 e. The lowest BCUT2D eigenvalue weighted by atomic mass is 10.4. The lowest BCUT2D eigenvalue weighted by Gasteiger charge is -2.15. The van der Waals surface area contributed by atoms with Crippen molar-refractivity contribution in [1.82, 2.24) is 15.8 Å². The number of esters is 1. The maximum atomic E-state index is 11.2. The molecule has 2 N–H and O–H groups in total. The standard InChI is InChI=1S/C10H19N3O4/c1-4-17-10(16)5-6-13(3)7-9(15)12-11-8(2)14/h4-7H2,1-3H3,(H,11,14)(H,12,15). The lowest BCUT2D eigenvalue weighted by molar-refractivity contribution is -0.143. The first-order chi connectivity index (χ1) is 7.95. The zero-order valence-corrected chi connectivity index (χ0v) is 10.4. The summed E-state index contributed by atoms with van der Waals surface area (Å²) in [5, 5.41) is 0. The van der Waals surface area contributed by atoms with E-state index in [1.165, 1.54) is 6.92 Å². The van der Waals surface area contributed by atoms with E-state index in [2.05, 4.69) is 10.9 Å². The molecule has 7 heteroatoms. The van der Waals surface area contributed by atoms with E-state index >= 15 is 0 Å². The van der Waals surface area contributed by atoms with Crippen molar-refractivity contribution in [2.45, 2.75) is 20.3 Å². The molecule has 98 valence electrons. The van der Waals surface area contributed by atoms with E-state index in [1.54, 1.807) is 18.9 Å². The molecule has 0 atom stereocenters. The zero-order chi connectivity index (χ0) is 13.3. The molecule has 7 nitrogen and oxygen atoms in total. The van der Waals surface area contributed by atoms with Crippen LogP contribution in [0.5, 0.6) is 0 Å². The van der Waals surface area contributed by atoms with Gasteiger partial charge in [-0.1, -0.05) is 0 Å². The molecule has 0 bridgehead atoms. The van der Waals surface area contributed by atoms with Crippen LogP contribution in [-0.4, -0.2) is 49.4 Å². The number of hydrogen-bond acceptors (Lipinski definition) is 5. The SMILES string of the molecule is CCOC(=O)CCN(C)CC(=O)NNC(C)=O. The van der Waals surface area contributed by atoms with E-state index in [0.29, 0.717) is 13.2 Å². The molecular formula is C10H19N3O4. The molecule has 0 heterocycles. The van der Waals surface area contributed by atoms with Crippen molar-refractivity contribution < 1.29 is 19.1 Å². The molecule has 0 saturated carbocycles. The van der Waals surface area contributed by atoms with Crippen LogP contribution in [0.25, 0.3) is 0 Å². The van der Waals surface area contributed by atoms with Gasteiger partial charge < -0.3 is 4.74 Å². The molecule has 0 aliphatic heterocycles. The third kappa shape index (κ3) is 9.31. The van der Waals surface area contributed by atoms with Crippen LogP contribution in [0.1, 0.15) is 20.3 Å². The third-order valence-electron chi connectivity index (χ3n) is 1.79. The first kappa shape index (κ1) is 15.4. The lowest BCUT2D eigenvalue weighted by Crippen LogP contribution is -2.45. The normalized spacial score (nSPS) is 9.88. The Hall–Kier alpha value is -1.63. The van der Waals surface area contributed by atoms with Gasteiger partial charge in [-0.2, -0.15) is 0 Å². The Morgan fingerprint density at radius 3 is 2.41 bits per heavy atom. The highest BCUT2D eigenvalue weighted by Crippen LogP contribution is 1.90. The molecule has 0 fully saturated rings. The van der Waals surface area contributed by atoms with Crippen molar-refractivity contribution in [2.75, 3.05) is 26.7 Å². The van der Waals surface area contributed by atoms with Gasteiger partial charge in [-0.15, -0.1) is 0 Å². The van der Waals surface area contributed by atoms with Crippen LogP contribution in [0.2, 0.25) is 0 Å². The summed E-state index contributed by atoms with van der Waals surface area (Å²) in [6.45, 7) is 3.91. The Labute approximate surface area is 100 Å². The van der Waals surface area contributed by atoms with Gasteiger partial charge in [-0.25, -0.2) is 0 Å². The second-order valence-electron chi connectivity index (χ2n) is 3.52. The Balaban J connectivity index is 3.70. The van der Waals surface area contributed by atoms with E-state index in [9.17, 15) is 14.4 Å². The molecule has 0 rings (SSSR count). The summed E-state index contributed by atoms with van der Waals surface area (Å²) in [6.07, 6.45) is 0.234. The average molecular weight is 245 g/mol. The van der Waals surface area contributed by atoms with Crippen LogP contribution in [0.15, 0.2) is 0 Å². The fraction of sp³-hybridized carbons (Fsp3) is 0.700. The highest BCUT2D eigenvalue weighted by Gasteiger charge is 2.09. The second kappa shape index (κ2) is 8.51. The summed E-state index contributed by atoms with van der Waals surface area (Å²) in [5.74, 6) is -0.972. The predicted molar refractivity (Wildman–Crippen MR) is 60.7 cm³/mol. The summed E-state index contributed by atoms with van der Waals surface area (Å²) >= 11 is 0. The number of nitrogens with one attached hydrogen (secondary N) is 2. The first-order valence-corrected chi connectivity index (χ1v) is 5.35. The number of rotatable bonds is 6. The van der Waals surface area contributed by atoms with Crippen molar-refractivity contribution >= 4 is 17.8 Å². The Bertz CT molecular complexity index is 281. The summed E-state index contributed by atoms with van der Waals surface area (Å²) in [6, 6.07) is 0. The highest BCUT2D eigenvalue weighted by atomic mass is 16.5. The molecule has 0 saturated heterocycles.